The molecule has 11 heteroatoms. The number of esters is 1. The van der Waals surface area contributed by atoms with E-state index in [2.05, 4.69) is 38.7 Å². The van der Waals surface area contributed by atoms with Gasteiger partial charge in [-0.25, -0.2) is 15.0 Å². The summed E-state index contributed by atoms with van der Waals surface area (Å²) in [5, 5.41) is 3.14. The lowest BCUT2D eigenvalue weighted by Crippen LogP contribution is -2.41. The predicted octanol–water partition coefficient (Wildman–Crippen LogP) is 4.19. The van der Waals surface area contributed by atoms with Crippen molar-refractivity contribution in [1.29, 1.82) is 0 Å². The normalized spacial score (nSPS) is 15.3. The zero-order valence-corrected chi connectivity index (χ0v) is 25.1. The minimum atomic E-state index is -0.447. The Balaban J connectivity index is 1.41. The Kier molecular flexibility index (Phi) is 7.11. The lowest BCUT2D eigenvalue weighted by molar-refractivity contribution is -0.142. The number of aromatic nitrogens is 5. The number of pyridine rings is 2. The zero-order valence-electron chi connectivity index (χ0n) is 25.1. The van der Waals surface area contributed by atoms with Crippen molar-refractivity contribution in [1.82, 2.24) is 24.1 Å². The van der Waals surface area contributed by atoms with Crippen LogP contribution >= 0.6 is 0 Å². The molecule has 0 fully saturated rings. The summed E-state index contributed by atoms with van der Waals surface area (Å²) in [5.74, 6) is 1.02. The lowest BCUT2D eigenvalue weighted by Gasteiger charge is -2.31. The number of carbonyl (C=O) groups is 2. The number of nitrogens with zero attached hydrogens (tertiary/aromatic N) is 6. The third-order valence-electron chi connectivity index (χ3n) is 8.11. The van der Waals surface area contributed by atoms with Crippen LogP contribution in [0.4, 0.5) is 17.3 Å². The highest BCUT2D eigenvalue weighted by Crippen LogP contribution is 2.40. The Labute approximate surface area is 249 Å². The highest BCUT2D eigenvalue weighted by Gasteiger charge is 2.37. The van der Waals surface area contributed by atoms with E-state index < -0.39 is 5.97 Å². The van der Waals surface area contributed by atoms with Crippen molar-refractivity contribution in [3.63, 3.8) is 0 Å². The molecule has 222 valence electrons. The molecule has 1 N–H and O–H groups in total. The number of nitrogens with one attached hydrogen (secondary N) is 1. The summed E-state index contributed by atoms with van der Waals surface area (Å²) in [6.07, 6.45) is 7.56. The second-order valence-electron chi connectivity index (χ2n) is 12.0. The molecule has 1 aliphatic heterocycles. The van der Waals surface area contributed by atoms with Crippen LogP contribution in [-0.2, 0) is 49.0 Å². The number of hydrogen-bond donors (Lipinski definition) is 1. The molecule has 0 aromatic carbocycles. The Morgan fingerprint density at radius 3 is 2.65 bits per heavy atom. The van der Waals surface area contributed by atoms with Gasteiger partial charge in [0.15, 0.2) is 0 Å². The molecule has 0 saturated carbocycles. The van der Waals surface area contributed by atoms with Gasteiger partial charge in [0.2, 0.25) is 0 Å². The summed E-state index contributed by atoms with van der Waals surface area (Å²) in [4.78, 5) is 54.0. The van der Waals surface area contributed by atoms with Crippen LogP contribution in [0.1, 0.15) is 60.8 Å². The summed E-state index contributed by atoms with van der Waals surface area (Å²) in [6.45, 7) is 8.82. The number of fused-ring (bicyclic) bond motifs is 3. The van der Waals surface area contributed by atoms with Gasteiger partial charge in [-0.05, 0) is 53.6 Å². The molecular formula is C32H35N7O4. The molecule has 2 aliphatic rings. The quantitative estimate of drug-likeness (QED) is 0.322. The van der Waals surface area contributed by atoms with Crippen molar-refractivity contribution in [2.24, 2.45) is 12.5 Å². The fraction of sp³-hybridized carbons (Fsp3) is 0.375. The number of rotatable bonds is 7. The molecule has 4 aromatic rings. The fourth-order valence-corrected chi connectivity index (χ4v) is 6.14. The monoisotopic (exact) mass is 581 g/mol. The van der Waals surface area contributed by atoms with Crippen molar-refractivity contribution < 1.29 is 14.3 Å². The molecule has 6 rings (SSSR count). The molecule has 0 atom stereocenters. The molecule has 43 heavy (non-hydrogen) atoms. The summed E-state index contributed by atoms with van der Waals surface area (Å²) >= 11 is 0. The minimum absolute atomic E-state index is 0.0826. The second-order valence-corrected chi connectivity index (χ2v) is 12.0. The maximum absolute atomic E-state index is 13.9. The van der Waals surface area contributed by atoms with Gasteiger partial charge < -0.3 is 19.2 Å². The Morgan fingerprint density at radius 1 is 1.09 bits per heavy atom. The van der Waals surface area contributed by atoms with Crippen molar-refractivity contribution in [3.05, 3.63) is 81.5 Å². The first-order valence-corrected chi connectivity index (χ1v) is 14.5. The van der Waals surface area contributed by atoms with E-state index in [1.807, 2.05) is 13.0 Å². The van der Waals surface area contributed by atoms with Crippen molar-refractivity contribution in [2.75, 3.05) is 16.8 Å². The van der Waals surface area contributed by atoms with Gasteiger partial charge in [0.1, 0.15) is 35.4 Å². The van der Waals surface area contributed by atoms with E-state index in [9.17, 15) is 14.4 Å². The van der Waals surface area contributed by atoms with Crippen LogP contribution in [0.25, 0.3) is 11.1 Å². The van der Waals surface area contributed by atoms with E-state index >= 15 is 0 Å². The Bertz CT molecular complexity index is 1820. The number of carbonyl (C=O) groups excluding carboxylic acids is 2. The molecular weight excluding hydrogens is 546 g/mol. The molecule has 0 radical (unpaired) electrons. The molecule has 0 unspecified atom stereocenters. The molecule has 0 bridgehead atoms. The van der Waals surface area contributed by atoms with Gasteiger partial charge in [0.25, 0.3) is 11.5 Å². The Morgan fingerprint density at radius 2 is 1.88 bits per heavy atom. The number of aryl methyl sites for hydroxylation is 2. The summed E-state index contributed by atoms with van der Waals surface area (Å²) < 4.78 is 9.12. The maximum atomic E-state index is 13.9. The smallest absolute Gasteiger partial charge is 0.302 e. The van der Waals surface area contributed by atoms with E-state index in [0.29, 0.717) is 65.0 Å². The predicted molar refractivity (Wildman–Crippen MR) is 162 cm³/mol. The third-order valence-corrected chi connectivity index (χ3v) is 8.11. The van der Waals surface area contributed by atoms with E-state index in [0.717, 1.165) is 12.8 Å². The number of amides is 1. The van der Waals surface area contributed by atoms with Crippen LogP contribution in [0, 0.1) is 5.41 Å². The highest BCUT2D eigenvalue weighted by atomic mass is 16.5. The molecule has 1 aliphatic carbocycles. The summed E-state index contributed by atoms with van der Waals surface area (Å²) in [7, 11) is 1.67. The number of anilines is 3. The molecule has 0 saturated heterocycles. The minimum Gasteiger partial charge on any atom is -0.461 e. The molecule has 1 amide bonds. The van der Waals surface area contributed by atoms with Gasteiger partial charge in [-0.3, -0.25) is 19.3 Å². The molecule has 5 heterocycles. The van der Waals surface area contributed by atoms with Gasteiger partial charge in [-0.15, -0.1) is 0 Å². The number of ether oxygens (including phenoxy) is 1. The van der Waals surface area contributed by atoms with Crippen LogP contribution in [0.3, 0.4) is 0 Å². The van der Waals surface area contributed by atoms with Crippen LogP contribution in [0.2, 0.25) is 0 Å². The lowest BCUT2D eigenvalue weighted by atomic mass is 9.90. The average molecular weight is 582 g/mol. The topological polar surface area (TPSA) is 124 Å². The second kappa shape index (κ2) is 10.8. The van der Waals surface area contributed by atoms with Crippen LogP contribution < -0.4 is 15.8 Å². The number of hydrogen-bond acceptors (Lipinski definition) is 8. The van der Waals surface area contributed by atoms with Crippen molar-refractivity contribution >= 4 is 29.2 Å². The Hall–Kier alpha value is -4.80. The summed E-state index contributed by atoms with van der Waals surface area (Å²) in [5.41, 5.74) is 5.37. The average Bonchev–Trinajstić information content (AvgIpc) is 3.46. The maximum Gasteiger partial charge on any atom is 0.302 e. The van der Waals surface area contributed by atoms with Crippen molar-refractivity contribution in [3.8, 4) is 11.1 Å². The van der Waals surface area contributed by atoms with Gasteiger partial charge in [-0.1, -0.05) is 20.8 Å². The zero-order chi connectivity index (χ0) is 30.5. The van der Waals surface area contributed by atoms with Gasteiger partial charge in [-0.2, -0.15) is 0 Å². The first-order valence-electron chi connectivity index (χ1n) is 14.5. The van der Waals surface area contributed by atoms with Crippen LogP contribution in [0.15, 0.2) is 47.7 Å². The van der Waals surface area contributed by atoms with Gasteiger partial charge in [0, 0.05) is 68.9 Å². The van der Waals surface area contributed by atoms with Crippen LogP contribution in [-0.4, -0.2) is 42.5 Å². The van der Waals surface area contributed by atoms with E-state index in [1.54, 1.807) is 48.7 Å². The fourth-order valence-electron chi connectivity index (χ4n) is 6.14. The first kappa shape index (κ1) is 28.3. The SMILES string of the molecule is CCc1nccc(Nc2cc(-c3ccnc(N4CCn5c(cc6c5CC(C)(C)C6)C4=O)c3COC(C)=O)cn(C)c2=O)n1. The van der Waals surface area contributed by atoms with E-state index in [4.69, 9.17) is 4.74 Å². The van der Waals surface area contributed by atoms with Gasteiger partial charge >= 0.3 is 5.97 Å². The standard InChI is InChI=1S/C32H35N7O4/c1-6-27-33-10-8-28(36-27)35-24-13-21(17-37(5)30(24)41)22-7-9-34-29(23(22)18-43-19(2)40)39-12-11-38-25(31(39)42)14-20-15-32(3,4)16-26(20)38/h7-10,13-14,17H,6,11-12,15-16,18H2,1-5H3,(H,33,35,36). The summed E-state index contributed by atoms with van der Waals surface area (Å²) in [6, 6.07) is 7.27. The van der Waals surface area contributed by atoms with Crippen LogP contribution in [0.5, 0.6) is 0 Å². The third kappa shape index (κ3) is 5.31. The van der Waals surface area contributed by atoms with Gasteiger partial charge in [0.05, 0.1) is 0 Å². The highest BCUT2D eigenvalue weighted by molar-refractivity contribution is 6.06. The molecule has 0 spiro atoms. The largest absolute Gasteiger partial charge is 0.461 e. The van der Waals surface area contributed by atoms with E-state index in [-0.39, 0.29) is 23.5 Å². The molecule has 11 nitrogen and oxygen atoms in total. The van der Waals surface area contributed by atoms with Crippen molar-refractivity contribution in [2.45, 2.75) is 60.1 Å². The molecule has 4 aromatic heterocycles. The van der Waals surface area contributed by atoms with E-state index in [1.165, 1.54) is 22.7 Å². The first-order chi connectivity index (χ1) is 20.5.